The first-order valence-electron chi connectivity index (χ1n) is 9.57. The maximum atomic E-state index is 9.97. The summed E-state index contributed by atoms with van der Waals surface area (Å²) in [4.78, 5) is 0. The van der Waals surface area contributed by atoms with Crippen LogP contribution in [0.5, 0.6) is 0 Å². The summed E-state index contributed by atoms with van der Waals surface area (Å²) in [5.41, 5.74) is 4.27. The highest BCUT2D eigenvalue weighted by atomic mass is 16.3. The number of nitrogens with zero attached hydrogens (tertiary/aromatic N) is 1. The van der Waals surface area contributed by atoms with Crippen LogP contribution >= 0.6 is 0 Å². The zero-order chi connectivity index (χ0) is 19.9. The SMILES string of the molecule is C=C/C=C(\C=C/C)n1cc(C(c2ccccc2)C(CO)CO)c2ccccc21. The van der Waals surface area contributed by atoms with Gasteiger partial charge in [0.25, 0.3) is 0 Å². The van der Waals surface area contributed by atoms with Crippen LogP contribution in [0.15, 0.2) is 91.7 Å². The lowest BCUT2D eigenvalue weighted by molar-refractivity contribution is 0.139. The normalized spacial score (nSPS) is 13.5. The summed E-state index contributed by atoms with van der Waals surface area (Å²) in [5, 5.41) is 21.1. The molecule has 1 unspecified atom stereocenters. The van der Waals surface area contributed by atoms with Crippen molar-refractivity contribution < 1.29 is 10.2 Å². The maximum Gasteiger partial charge on any atom is 0.0531 e. The number of aliphatic hydroxyl groups is 2. The Bertz CT molecular complexity index is 978. The zero-order valence-corrected chi connectivity index (χ0v) is 16.2. The molecule has 0 amide bonds. The number of para-hydroxylation sites is 1. The van der Waals surface area contributed by atoms with Crippen molar-refractivity contribution in [3.8, 4) is 0 Å². The molecule has 144 valence electrons. The number of allylic oxidation sites excluding steroid dienone is 5. The van der Waals surface area contributed by atoms with E-state index in [0.717, 1.165) is 27.7 Å². The fourth-order valence-electron chi connectivity index (χ4n) is 3.81. The number of hydrogen-bond donors (Lipinski definition) is 2. The molecule has 3 rings (SSSR count). The molecule has 0 saturated heterocycles. The second-order valence-corrected chi connectivity index (χ2v) is 6.81. The van der Waals surface area contributed by atoms with Gasteiger partial charge in [0.15, 0.2) is 0 Å². The average molecular weight is 373 g/mol. The molecule has 1 heterocycles. The van der Waals surface area contributed by atoms with Crippen LogP contribution in [0.1, 0.15) is 24.0 Å². The molecule has 0 aliphatic heterocycles. The Kier molecular flexibility index (Phi) is 6.64. The lowest BCUT2D eigenvalue weighted by Crippen LogP contribution is -2.21. The van der Waals surface area contributed by atoms with E-state index in [2.05, 4.69) is 41.6 Å². The molecule has 2 N–H and O–H groups in total. The summed E-state index contributed by atoms with van der Waals surface area (Å²) >= 11 is 0. The maximum absolute atomic E-state index is 9.97. The standard InChI is InChI=1S/C25H27NO2/c1-3-10-21(11-4-2)26-16-23(22-14-8-9-15-24(22)26)25(20(17-27)18-28)19-12-6-5-7-13-19/h3-16,20,25,27-28H,1,17-18H2,2H3/b11-4-,21-10+. The Labute approximate surface area is 166 Å². The minimum absolute atomic E-state index is 0.0835. The van der Waals surface area contributed by atoms with Gasteiger partial charge >= 0.3 is 0 Å². The van der Waals surface area contributed by atoms with E-state index in [9.17, 15) is 10.2 Å². The molecule has 0 saturated carbocycles. The van der Waals surface area contributed by atoms with Crippen LogP contribution in [0, 0.1) is 5.92 Å². The Balaban J connectivity index is 2.28. The van der Waals surface area contributed by atoms with Gasteiger partial charge in [-0.3, -0.25) is 0 Å². The first-order chi connectivity index (χ1) is 13.7. The van der Waals surface area contributed by atoms with E-state index in [-0.39, 0.29) is 25.0 Å². The van der Waals surface area contributed by atoms with Gasteiger partial charge in [0.05, 0.1) is 5.52 Å². The largest absolute Gasteiger partial charge is 0.396 e. The summed E-state index contributed by atoms with van der Waals surface area (Å²) in [6, 6.07) is 18.3. The zero-order valence-electron chi connectivity index (χ0n) is 16.2. The smallest absolute Gasteiger partial charge is 0.0531 e. The van der Waals surface area contributed by atoms with Gasteiger partial charge in [-0.15, -0.1) is 0 Å². The molecule has 0 bridgehead atoms. The van der Waals surface area contributed by atoms with Crippen LogP contribution in [-0.2, 0) is 0 Å². The summed E-state index contributed by atoms with van der Waals surface area (Å²) in [7, 11) is 0. The van der Waals surface area contributed by atoms with E-state index in [4.69, 9.17) is 0 Å². The molecule has 0 aliphatic rings. The lowest BCUT2D eigenvalue weighted by Gasteiger charge is -2.24. The summed E-state index contributed by atoms with van der Waals surface area (Å²) < 4.78 is 2.15. The molecule has 28 heavy (non-hydrogen) atoms. The molecule has 0 radical (unpaired) electrons. The predicted molar refractivity (Wildman–Crippen MR) is 117 cm³/mol. The third kappa shape index (κ3) is 3.86. The van der Waals surface area contributed by atoms with Crippen molar-refractivity contribution >= 4 is 16.6 Å². The minimum atomic E-state index is -0.282. The predicted octanol–water partition coefficient (Wildman–Crippen LogP) is 4.98. The first kappa shape index (κ1) is 19.9. The summed E-state index contributed by atoms with van der Waals surface area (Å²) in [6.45, 7) is 5.67. The molecule has 3 nitrogen and oxygen atoms in total. The molecule has 1 atom stereocenters. The fraction of sp³-hybridized carbons (Fsp3) is 0.200. The van der Waals surface area contributed by atoms with E-state index in [1.165, 1.54) is 0 Å². The topological polar surface area (TPSA) is 45.4 Å². The Morgan fingerprint density at radius 3 is 2.36 bits per heavy atom. The third-order valence-corrected chi connectivity index (χ3v) is 5.08. The van der Waals surface area contributed by atoms with E-state index in [0.29, 0.717) is 0 Å². The van der Waals surface area contributed by atoms with E-state index in [1.807, 2.05) is 55.5 Å². The fourth-order valence-corrected chi connectivity index (χ4v) is 3.81. The van der Waals surface area contributed by atoms with Crippen LogP contribution in [-0.4, -0.2) is 28.0 Å². The highest BCUT2D eigenvalue weighted by Gasteiger charge is 2.27. The first-order valence-corrected chi connectivity index (χ1v) is 9.57. The van der Waals surface area contributed by atoms with Gasteiger partial charge in [0.1, 0.15) is 0 Å². The molecule has 1 aromatic heterocycles. The molecular weight excluding hydrogens is 346 g/mol. The monoisotopic (exact) mass is 373 g/mol. The third-order valence-electron chi connectivity index (χ3n) is 5.08. The lowest BCUT2D eigenvalue weighted by atomic mass is 9.81. The number of fused-ring (bicyclic) bond motifs is 1. The average Bonchev–Trinajstić information content (AvgIpc) is 3.11. The van der Waals surface area contributed by atoms with Gasteiger partial charge in [-0.05, 0) is 36.3 Å². The Morgan fingerprint density at radius 2 is 1.71 bits per heavy atom. The molecule has 0 spiro atoms. The van der Waals surface area contributed by atoms with Gasteiger partial charge in [-0.2, -0.15) is 0 Å². The summed E-state index contributed by atoms with van der Waals surface area (Å²) in [6.07, 6.45) is 9.93. The second kappa shape index (κ2) is 9.36. The molecule has 3 heteroatoms. The van der Waals surface area contributed by atoms with Crippen molar-refractivity contribution in [3.05, 3.63) is 103 Å². The number of rotatable bonds is 8. The van der Waals surface area contributed by atoms with Gasteiger partial charge in [-0.1, -0.05) is 67.3 Å². The highest BCUT2D eigenvalue weighted by molar-refractivity contribution is 5.89. The number of hydrogen-bond acceptors (Lipinski definition) is 2. The van der Waals surface area contributed by atoms with Gasteiger partial charge in [-0.25, -0.2) is 0 Å². The van der Waals surface area contributed by atoms with Crippen LogP contribution in [0.2, 0.25) is 0 Å². The number of benzene rings is 2. The van der Waals surface area contributed by atoms with Crippen molar-refractivity contribution in [2.24, 2.45) is 5.92 Å². The minimum Gasteiger partial charge on any atom is -0.396 e. The van der Waals surface area contributed by atoms with E-state index >= 15 is 0 Å². The summed E-state index contributed by atoms with van der Waals surface area (Å²) in [5.74, 6) is -0.395. The molecule has 0 aliphatic carbocycles. The van der Waals surface area contributed by atoms with Crippen molar-refractivity contribution in [1.82, 2.24) is 4.57 Å². The Morgan fingerprint density at radius 1 is 1.04 bits per heavy atom. The highest BCUT2D eigenvalue weighted by Crippen LogP contribution is 2.38. The van der Waals surface area contributed by atoms with Gasteiger partial charge < -0.3 is 14.8 Å². The van der Waals surface area contributed by atoms with Crippen molar-refractivity contribution in [1.29, 1.82) is 0 Å². The van der Waals surface area contributed by atoms with Crippen molar-refractivity contribution in [2.75, 3.05) is 13.2 Å². The van der Waals surface area contributed by atoms with Crippen molar-refractivity contribution in [2.45, 2.75) is 12.8 Å². The molecule has 3 aromatic rings. The van der Waals surface area contributed by atoms with E-state index < -0.39 is 0 Å². The van der Waals surface area contributed by atoms with Crippen LogP contribution in [0.3, 0.4) is 0 Å². The second-order valence-electron chi connectivity index (χ2n) is 6.81. The molecule has 2 aromatic carbocycles. The van der Waals surface area contributed by atoms with Crippen LogP contribution in [0.4, 0.5) is 0 Å². The van der Waals surface area contributed by atoms with Gasteiger partial charge in [0, 0.05) is 42.3 Å². The van der Waals surface area contributed by atoms with E-state index in [1.54, 1.807) is 6.08 Å². The Hall–Kier alpha value is -2.88. The molecule has 0 fully saturated rings. The van der Waals surface area contributed by atoms with Crippen molar-refractivity contribution in [3.63, 3.8) is 0 Å². The van der Waals surface area contributed by atoms with Crippen LogP contribution < -0.4 is 0 Å². The quantitative estimate of drug-likeness (QED) is 0.547. The molecular formula is C25H27NO2. The number of aliphatic hydroxyl groups excluding tert-OH is 2. The number of aromatic nitrogens is 1. The van der Waals surface area contributed by atoms with Gasteiger partial charge in [0.2, 0.25) is 0 Å². The van der Waals surface area contributed by atoms with Crippen LogP contribution in [0.25, 0.3) is 16.6 Å².